The average Bonchev–Trinajstić information content (AvgIpc) is 2.65. The Morgan fingerprint density at radius 1 is 1.23 bits per heavy atom. The first-order valence-electron chi connectivity index (χ1n) is 8.38. The quantitative estimate of drug-likeness (QED) is 0.489. The minimum Gasteiger partial charge on any atom is -0.456 e. The number of fused-ring (bicyclic) bond motifs is 1. The summed E-state index contributed by atoms with van der Waals surface area (Å²) in [6.07, 6.45) is 1.74. The Bertz CT molecular complexity index is 1000. The monoisotopic (exact) mass is 371 g/mol. The van der Waals surface area contributed by atoms with E-state index in [4.69, 9.17) is 16.3 Å². The number of ether oxygens (including phenoxy) is 1. The largest absolute Gasteiger partial charge is 0.456 e. The number of carbonyl (C=O) groups is 1. The number of benzene rings is 1. The second-order valence-corrected chi connectivity index (χ2v) is 6.20. The van der Waals surface area contributed by atoms with Crippen molar-refractivity contribution in [2.45, 2.75) is 32.9 Å². The fourth-order valence-electron chi connectivity index (χ4n) is 2.48. The van der Waals surface area contributed by atoms with Crippen molar-refractivity contribution in [3.8, 4) is 0 Å². The van der Waals surface area contributed by atoms with Crippen LogP contribution >= 0.6 is 11.6 Å². The maximum Gasteiger partial charge on any atom is 0.359 e. The molecular formula is C19H18ClN3O3. The van der Waals surface area contributed by atoms with Crippen molar-refractivity contribution in [3.63, 3.8) is 0 Å². The number of pyridine rings is 1. The highest BCUT2D eigenvalue weighted by molar-refractivity contribution is 6.30. The van der Waals surface area contributed by atoms with Gasteiger partial charge in [-0.2, -0.15) is 5.10 Å². The van der Waals surface area contributed by atoms with Gasteiger partial charge in [0.05, 0.1) is 5.52 Å². The van der Waals surface area contributed by atoms with Gasteiger partial charge in [0.1, 0.15) is 11.8 Å². The van der Waals surface area contributed by atoms with Crippen LogP contribution in [0.2, 0.25) is 5.15 Å². The number of hydrogen-bond donors (Lipinski definition) is 0. The molecule has 0 aliphatic heterocycles. The third kappa shape index (κ3) is 4.08. The highest BCUT2D eigenvalue weighted by Gasteiger charge is 2.13. The van der Waals surface area contributed by atoms with Crippen LogP contribution in [0.25, 0.3) is 10.9 Å². The van der Waals surface area contributed by atoms with Crippen LogP contribution in [0.4, 0.5) is 0 Å². The number of unbranched alkanes of at least 4 members (excludes halogenated alkanes) is 1. The lowest BCUT2D eigenvalue weighted by molar-refractivity contribution is 0.0462. The summed E-state index contributed by atoms with van der Waals surface area (Å²) < 4.78 is 6.58. The molecule has 26 heavy (non-hydrogen) atoms. The number of nitrogens with zero attached hydrogens (tertiary/aromatic N) is 3. The molecule has 0 aliphatic carbocycles. The highest BCUT2D eigenvalue weighted by atomic mass is 35.5. The number of halogens is 1. The van der Waals surface area contributed by atoms with Gasteiger partial charge in [-0.05, 0) is 24.6 Å². The van der Waals surface area contributed by atoms with E-state index in [2.05, 4.69) is 10.1 Å². The number of carbonyl (C=O) groups excluding carboxylic acids is 1. The van der Waals surface area contributed by atoms with E-state index >= 15 is 0 Å². The van der Waals surface area contributed by atoms with Gasteiger partial charge in [0.25, 0.3) is 5.56 Å². The second kappa shape index (κ2) is 8.10. The molecule has 3 rings (SSSR count). The van der Waals surface area contributed by atoms with Crippen LogP contribution in [-0.2, 0) is 17.9 Å². The van der Waals surface area contributed by atoms with Gasteiger partial charge in [-0.15, -0.1) is 0 Å². The van der Waals surface area contributed by atoms with Crippen LogP contribution in [0.5, 0.6) is 0 Å². The highest BCUT2D eigenvalue weighted by Crippen LogP contribution is 2.21. The molecular weight excluding hydrogens is 354 g/mol. The van der Waals surface area contributed by atoms with Gasteiger partial charge in [0.15, 0.2) is 5.69 Å². The second-order valence-electron chi connectivity index (χ2n) is 5.84. The normalized spacial score (nSPS) is 10.8. The van der Waals surface area contributed by atoms with Crippen molar-refractivity contribution in [1.29, 1.82) is 0 Å². The van der Waals surface area contributed by atoms with Crippen LogP contribution in [0.3, 0.4) is 0 Å². The average molecular weight is 372 g/mol. The molecule has 0 unspecified atom stereocenters. The Kier molecular flexibility index (Phi) is 5.63. The predicted molar refractivity (Wildman–Crippen MR) is 99.3 cm³/mol. The number of hydrogen-bond acceptors (Lipinski definition) is 5. The molecule has 0 N–H and O–H groups in total. The summed E-state index contributed by atoms with van der Waals surface area (Å²) in [7, 11) is 0. The molecule has 0 aliphatic rings. The molecule has 1 aromatic carbocycles. The molecule has 2 aromatic heterocycles. The first kappa shape index (κ1) is 18.1. The van der Waals surface area contributed by atoms with Crippen LogP contribution in [0, 0.1) is 0 Å². The Balaban J connectivity index is 1.75. The molecule has 2 heterocycles. The summed E-state index contributed by atoms with van der Waals surface area (Å²) in [5.74, 6) is -0.612. The number of aryl methyl sites for hydroxylation is 1. The topological polar surface area (TPSA) is 74.1 Å². The van der Waals surface area contributed by atoms with Gasteiger partial charge < -0.3 is 4.74 Å². The Labute approximate surface area is 155 Å². The molecule has 0 atom stereocenters. The van der Waals surface area contributed by atoms with Crippen molar-refractivity contribution in [2.75, 3.05) is 0 Å². The molecule has 0 saturated heterocycles. The van der Waals surface area contributed by atoms with E-state index in [0.717, 1.165) is 23.7 Å². The minimum absolute atomic E-state index is 0.0226. The van der Waals surface area contributed by atoms with Crippen molar-refractivity contribution < 1.29 is 9.53 Å². The van der Waals surface area contributed by atoms with E-state index in [1.807, 2.05) is 37.3 Å². The van der Waals surface area contributed by atoms with Crippen molar-refractivity contribution >= 4 is 28.5 Å². The number of esters is 1. The molecule has 7 heteroatoms. The van der Waals surface area contributed by atoms with Crippen LogP contribution < -0.4 is 5.56 Å². The zero-order valence-electron chi connectivity index (χ0n) is 14.3. The zero-order chi connectivity index (χ0) is 18.5. The Hall–Kier alpha value is -2.73. The first-order valence-corrected chi connectivity index (χ1v) is 8.75. The Morgan fingerprint density at radius 3 is 2.85 bits per heavy atom. The third-order valence-corrected chi connectivity index (χ3v) is 4.24. The van der Waals surface area contributed by atoms with E-state index in [9.17, 15) is 9.59 Å². The van der Waals surface area contributed by atoms with Crippen LogP contribution in [0.15, 0.2) is 47.3 Å². The van der Waals surface area contributed by atoms with Crippen LogP contribution in [-0.4, -0.2) is 20.7 Å². The lowest BCUT2D eigenvalue weighted by Crippen LogP contribution is -2.25. The fraction of sp³-hybridized carbons (Fsp3) is 0.263. The SMILES string of the molecule is CCCCn1nc(C(=O)OCc2cc3ccccc3nc2Cl)ccc1=O. The van der Waals surface area contributed by atoms with Gasteiger partial charge in [0.2, 0.25) is 0 Å². The number of rotatable bonds is 6. The summed E-state index contributed by atoms with van der Waals surface area (Å²) in [4.78, 5) is 28.3. The molecule has 0 radical (unpaired) electrons. The Morgan fingerprint density at radius 2 is 2.04 bits per heavy atom. The van der Waals surface area contributed by atoms with Crippen LogP contribution in [0.1, 0.15) is 35.8 Å². The maximum absolute atomic E-state index is 12.3. The van der Waals surface area contributed by atoms with Gasteiger partial charge >= 0.3 is 5.97 Å². The number of aromatic nitrogens is 3. The summed E-state index contributed by atoms with van der Waals surface area (Å²) in [5.41, 5.74) is 1.23. The molecule has 0 fully saturated rings. The first-order chi connectivity index (χ1) is 12.6. The van der Waals surface area contributed by atoms with Gasteiger partial charge in [0, 0.05) is 23.6 Å². The van der Waals surface area contributed by atoms with Crippen molar-refractivity contribution in [3.05, 3.63) is 69.2 Å². The lowest BCUT2D eigenvalue weighted by Gasteiger charge is -2.09. The molecule has 0 amide bonds. The molecule has 0 saturated carbocycles. The van der Waals surface area contributed by atoms with Gasteiger partial charge in [-0.1, -0.05) is 43.1 Å². The van der Waals surface area contributed by atoms with E-state index < -0.39 is 5.97 Å². The van der Waals surface area contributed by atoms with Gasteiger partial charge in [-0.25, -0.2) is 14.5 Å². The summed E-state index contributed by atoms with van der Waals surface area (Å²) in [6, 6.07) is 12.1. The molecule has 6 nitrogen and oxygen atoms in total. The van der Waals surface area contributed by atoms with E-state index in [1.54, 1.807) is 0 Å². The molecule has 3 aromatic rings. The summed E-state index contributed by atoms with van der Waals surface area (Å²) in [6.45, 7) is 2.46. The predicted octanol–water partition coefficient (Wildman–Crippen LogP) is 3.60. The number of para-hydroxylation sites is 1. The molecule has 134 valence electrons. The fourth-order valence-corrected chi connectivity index (χ4v) is 2.68. The lowest BCUT2D eigenvalue weighted by atomic mass is 10.2. The third-order valence-electron chi connectivity index (χ3n) is 3.91. The summed E-state index contributed by atoms with van der Waals surface area (Å²) >= 11 is 6.17. The standard InChI is InChI=1S/C19H18ClN3O3/c1-2-3-10-23-17(24)9-8-16(22-23)19(25)26-12-14-11-13-6-4-5-7-15(13)21-18(14)20/h4-9,11H,2-3,10,12H2,1H3. The van der Waals surface area contributed by atoms with Crippen molar-refractivity contribution in [1.82, 2.24) is 14.8 Å². The smallest absolute Gasteiger partial charge is 0.359 e. The van der Waals surface area contributed by atoms with E-state index in [-0.39, 0.29) is 23.0 Å². The van der Waals surface area contributed by atoms with E-state index in [0.29, 0.717) is 12.1 Å². The summed E-state index contributed by atoms with van der Waals surface area (Å²) in [5, 5.41) is 5.28. The zero-order valence-corrected chi connectivity index (χ0v) is 15.1. The molecule has 0 bridgehead atoms. The van der Waals surface area contributed by atoms with E-state index in [1.165, 1.54) is 16.8 Å². The maximum atomic E-state index is 12.3. The van der Waals surface area contributed by atoms with Crippen molar-refractivity contribution in [2.24, 2.45) is 0 Å². The minimum atomic E-state index is -0.612. The van der Waals surface area contributed by atoms with Gasteiger partial charge in [-0.3, -0.25) is 4.79 Å². The molecule has 0 spiro atoms.